The average molecular weight is 225 g/mol. The second-order valence-electron chi connectivity index (χ2n) is 3.60. The summed E-state index contributed by atoms with van der Waals surface area (Å²) in [6.07, 6.45) is 3.90. The molecule has 0 atom stereocenters. The molecule has 0 aromatic heterocycles. The molecule has 0 unspecified atom stereocenters. The Kier molecular flexibility index (Phi) is 1.99. The number of hydrogen-bond acceptors (Lipinski definition) is 0. The van der Waals surface area contributed by atoms with Crippen LogP contribution in [0.4, 0.5) is 0 Å². The van der Waals surface area contributed by atoms with Gasteiger partial charge in [-0.15, -0.1) is 0 Å². The van der Waals surface area contributed by atoms with Crippen molar-refractivity contribution in [2.24, 2.45) is 0 Å². The molecule has 0 amide bonds. The third-order valence-corrected chi connectivity index (χ3v) is 3.76. The van der Waals surface area contributed by atoms with Crippen LogP contribution in [0.1, 0.15) is 28.7 Å². The van der Waals surface area contributed by atoms with Gasteiger partial charge in [-0.1, -0.05) is 15.9 Å². The molecule has 0 radical (unpaired) electrons. The van der Waals surface area contributed by atoms with Gasteiger partial charge < -0.3 is 0 Å². The van der Waals surface area contributed by atoms with E-state index in [4.69, 9.17) is 0 Å². The van der Waals surface area contributed by atoms with Gasteiger partial charge in [0.15, 0.2) is 0 Å². The predicted molar refractivity (Wildman–Crippen MR) is 55.6 cm³/mol. The summed E-state index contributed by atoms with van der Waals surface area (Å²) in [5.74, 6) is 0. The molecule has 0 bridgehead atoms. The van der Waals surface area contributed by atoms with Crippen LogP contribution in [0.15, 0.2) is 10.5 Å². The fourth-order valence-corrected chi connectivity index (χ4v) is 2.60. The first-order chi connectivity index (χ1) is 5.70. The van der Waals surface area contributed by atoms with Crippen LogP contribution in [-0.2, 0) is 12.8 Å². The fourth-order valence-electron chi connectivity index (χ4n) is 2.02. The summed E-state index contributed by atoms with van der Waals surface area (Å²) >= 11 is 3.60. The van der Waals surface area contributed by atoms with E-state index in [1.54, 1.807) is 11.1 Å². The van der Waals surface area contributed by atoms with Crippen molar-refractivity contribution in [1.29, 1.82) is 0 Å². The molecule has 0 heterocycles. The van der Waals surface area contributed by atoms with Gasteiger partial charge in [-0.25, -0.2) is 0 Å². The second-order valence-corrected chi connectivity index (χ2v) is 4.45. The Balaban J connectivity index is 2.67. The van der Waals surface area contributed by atoms with Crippen molar-refractivity contribution in [3.8, 4) is 0 Å². The molecule has 0 N–H and O–H groups in total. The van der Waals surface area contributed by atoms with Gasteiger partial charge in [-0.3, -0.25) is 0 Å². The average Bonchev–Trinajstić information content (AvgIpc) is 2.48. The molecular weight excluding hydrogens is 212 g/mol. The number of hydrogen-bond donors (Lipinski definition) is 0. The molecule has 0 aliphatic heterocycles. The van der Waals surface area contributed by atoms with Crippen molar-refractivity contribution in [3.63, 3.8) is 0 Å². The van der Waals surface area contributed by atoms with Crippen LogP contribution in [0.25, 0.3) is 0 Å². The lowest BCUT2D eigenvalue weighted by Gasteiger charge is -2.09. The van der Waals surface area contributed by atoms with Crippen molar-refractivity contribution in [2.45, 2.75) is 33.1 Å². The second kappa shape index (κ2) is 2.88. The summed E-state index contributed by atoms with van der Waals surface area (Å²) in [6.45, 7) is 4.43. The number of aryl methyl sites for hydroxylation is 1. The van der Waals surface area contributed by atoms with Crippen molar-refractivity contribution in [1.82, 2.24) is 0 Å². The van der Waals surface area contributed by atoms with E-state index in [0.717, 1.165) is 0 Å². The lowest BCUT2D eigenvalue weighted by Crippen LogP contribution is -1.92. The van der Waals surface area contributed by atoms with Crippen molar-refractivity contribution >= 4 is 15.9 Å². The van der Waals surface area contributed by atoms with E-state index in [-0.39, 0.29) is 0 Å². The van der Waals surface area contributed by atoms with Gasteiger partial charge >= 0.3 is 0 Å². The fraction of sp³-hybridized carbons (Fsp3) is 0.455. The molecule has 0 fully saturated rings. The van der Waals surface area contributed by atoms with Gasteiger partial charge in [0, 0.05) is 4.47 Å². The minimum Gasteiger partial charge on any atom is -0.0505 e. The van der Waals surface area contributed by atoms with E-state index in [2.05, 4.69) is 35.8 Å². The first-order valence-corrected chi connectivity index (χ1v) is 5.27. The Labute approximate surface area is 82.1 Å². The van der Waals surface area contributed by atoms with Crippen molar-refractivity contribution < 1.29 is 0 Å². The first kappa shape index (κ1) is 8.31. The molecule has 1 aromatic carbocycles. The maximum Gasteiger partial charge on any atom is 0.0210 e. The Morgan fingerprint density at radius 2 is 1.92 bits per heavy atom. The summed E-state index contributed by atoms with van der Waals surface area (Å²) in [4.78, 5) is 0. The Bertz CT molecular complexity index is 326. The van der Waals surface area contributed by atoms with Crippen LogP contribution in [0.2, 0.25) is 0 Å². The van der Waals surface area contributed by atoms with Gasteiger partial charge in [0.25, 0.3) is 0 Å². The van der Waals surface area contributed by atoms with Crippen molar-refractivity contribution in [3.05, 3.63) is 32.8 Å². The Hall–Kier alpha value is -0.300. The first-order valence-electron chi connectivity index (χ1n) is 4.47. The monoisotopic (exact) mass is 224 g/mol. The molecule has 12 heavy (non-hydrogen) atoms. The highest BCUT2D eigenvalue weighted by Gasteiger charge is 2.15. The lowest BCUT2D eigenvalue weighted by atomic mass is 10.00. The smallest absolute Gasteiger partial charge is 0.0210 e. The maximum atomic E-state index is 3.60. The third kappa shape index (κ3) is 1.11. The summed E-state index contributed by atoms with van der Waals surface area (Å²) in [7, 11) is 0. The molecule has 0 saturated heterocycles. The quantitative estimate of drug-likeness (QED) is 0.633. The van der Waals surface area contributed by atoms with Gasteiger partial charge in [-0.05, 0) is 61.4 Å². The summed E-state index contributed by atoms with van der Waals surface area (Å²) in [5, 5.41) is 0. The summed E-state index contributed by atoms with van der Waals surface area (Å²) < 4.78 is 1.28. The molecule has 1 aliphatic rings. The van der Waals surface area contributed by atoms with E-state index in [9.17, 15) is 0 Å². The molecule has 0 saturated carbocycles. The van der Waals surface area contributed by atoms with E-state index in [0.29, 0.717) is 0 Å². The molecule has 1 aromatic rings. The lowest BCUT2D eigenvalue weighted by molar-refractivity contribution is 0.909. The van der Waals surface area contributed by atoms with Crippen LogP contribution < -0.4 is 0 Å². The topological polar surface area (TPSA) is 0 Å². The van der Waals surface area contributed by atoms with Gasteiger partial charge in [-0.2, -0.15) is 0 Å². The van der Waals surface area contributed by atoms with Gasteiger partial charge in [0.2, 0.25) is 0 Å². The molecule has 2 rings (SSSR count). The SMILES string of the molecule is Cc1c(Br)cc2c(c1C)CCC2. The number of fused-ring (bicyclic) bond motifs is 1. The van der Waals surface area contributed by atoms with Crippen LogP contribution in [0.3, 0.4) is 0 Å². The van der Waals surface area contributed by atoms with E-state index in [1.807, 2.05) is 0 Å². The largest absolute Gasteiger partial charge is 0.0505 e. The zero-order chi connectivity index (χ0) is 8.72. The molecule has 0 spiro atoms. The number of halogens is 1. The Morgan fingerprint density at radius 3 is 2.67 bits per heavy atom. The van der Waals surface area contributed by atoms with Crippen molar-refractivity contribution in [2.75, 3.05) is 0 Å². The van der Waals surface area contributed by atoms with Crippen LogP contribution in [-0.4, -0.2) is 0 Å². The minimum atomic E-state index is 1.27. The molecule has 64 valence electrons. The van der Waals surface area contributed by atoms with Gasteiger partial charge in [0.1, 0.15) is 0 Å². The van der Waals surface area contributed by atoms with Crippen LogP contribution >= 0.6 is 15.9 Å². The predicted octanol–water partition coefficient (Wildman–Crippen LogP) is 3.55. The minimum absolute atomic E-state index is 1.27. The zero-order valence-corrected chi connectivity index (χ0v) is 9.16. The van der Waals surface area contributed by atoms with E-state index >= 15 is 0 Å². The van der Waals surface area contributed by atoms with Crippen LogP contribution in [0, 0.1) is 13.8 Å². The number of benzene rings is 1. The molecule has 0 nitrogen and oxygen atoms in total. The maximum absolute atomic E-state index is 3.60. The highest BCUT2D eigenvalue weighted by Crippen LogP contribution is 2.31. The number of rotatable bonds is 0. The molecule has 1 aliphatic carbocycles. The standard InChI is InChI=1S/C11H13Br/c1-7-8(2)11(12)6-9-4-3-5-10(7)9/h6H,3-5H2,1-2H3. The van der Waals surface area contributed by atoms with E-state index in [1.165, 1.54) is 34.9 Å². The highest BCUT2D eigenvalue weighted by molar-refractivity contribution is 9.10. The third-order valence-electron chi connectivity index (χ3n) is 2.93. The summed E-state index contributed by atoms with van der Waals surface area (Å²) in [6, 6.07) is 2.30. The van der Waals surface area contributed by atoms with Gasteiger partial charge in [0.05, 0.1) is 0 Å². The molecule has 1 heteroatoms. The van der Waals surface area contributed by atoms with E-state index < -0.39 is 0 Å². The zero-order valence-electron chi connectivity index (χ0n) is 7.58. The van der Waals surface area contributed by atoms with Crippen LogP contribution in [0.5, 0.6) is 0 Å². The highest BCUT2D eigenvalue weighted by atomic mass is 79.9. The molecular formula is C11H13Br. The summed E-state index contributed by atoms with van der Waals surface area (Å²) in [5.41, 5.74) is 6.08. The Morgan fingerprint density at radius 1 is 1.17 bits per heavy atom. The normalized spacial score (nSPS) is 14.9.